The Hall–Kier alpha value is -3.63. The highest BCUT2D eigenvalue weighted by Crippen LogP contribution is 2.34. The van der Waals surface area contributed by atoms with Crippen molar-refractivity contribution in [3.8, 4) is 11.1 Å². The standard InChI is InChI=1S/C23H20N4O2S/c1-13-10-17(15(3)26(13)23-20(12-24)14(2)16(4)30-23)11-19-21(28)25-27(22(19)29)18-8-6-5-7-9-18/h5-11H,1-4H3,(H,25,28)/b19-11-. The van der Waals surface area contributed by atoms with Gasteiger partial charge in [0.1, 0.15) is 16.6 Å². The molecule has 2 aromatic heterocycles. The normalized spacial score (nSPS) is 15.0. The number of carbonyl (C=O) groups is 2. The molecule has 0 bridgehead atoms. The number of para-hydroxylation sites is 1. The molecule has 4 rings (SSSR count). The SMILES string of the molecule is Cc1sc(-n2c(C)cc(/C=C3/C(=O)NN(c4ccccc4)C3=O)c2C)c(C#N)c1C. The van der Waals surface area contributed by atoms with Gasteiger partial charge in [-0.15, -0.1) is 11.3 Å². The maximum atomic E-state index is 12.9. The molecule has 0 saturated carbocycles. The van der Waals surface area contributed by atoms with E-state index in [1.54, 1.807) is 29.5 Å². The van der Waals surface area contributed by atoms with E-state index in [0.717, 1.165) is 32.4 Å². The monoisotopic (exact) mass is 416 g/mol. The van der Waals surface area contributed by atoms with Crippen molar-refractivity contribution in [3.05, 3.63) is 74.9 Å². The maximum Gasteiger partial charge on any atom is 0.282 e. The molecule has 1 saturated heterocycles. The van der Waals surface area contributed by atoms with Gasteiger partial charge in [-0.3, -0.25) is 15.0 Å². The molecule has 0 unspecified atom stereocenters. The first-order valence-corrected chi connectivity index (χ1v) is 10.3. The topological polar surface area (TPSA) is 78.1 Å². The van der Waals surface area contributed by atoms with Crippen LogP contribution in [0.5, 0.6) is 0 Å². The third kappa shape index (κ3) is 3.02. The van der Waals surface area contributed by atoms with Crippen LogP contribution in [-0.2, 0) is 9.59 Å². The second-order valence-electron chi connectivity index (χ2n) is 7.21. The number of amides is 2. The van der Waals surface area contributed by atoms with E-state index in [0.29, 0.717) is 11.3 Å². The number of nitrogens with zero attached hydrogens (tertiary/aromatic N) is 3. The minimum Gasteiger partial charge on any atom is -0.308 e. The van der Waals surface area contributed by atoms with Crippen molar-refractivity contribution >= 4 is 34.9 Å². The fraction of sp³-hybridized carbons (Fsp3) is 0.174. The molecule has 1 N–H and O–H groups in total. The first kappa shape index (κ1) is 19.7. The van der Waals surface area contributed by atoms with Crippen LogP contribution in [0, 0.1) is 39.0 Å². The van der Waals surface area contributed by atoms with Gasteiger partial charge in [0.15, 0.2) is 0 Å². The predicted molar refractivity (Wildman–Crippen MR) is 117 cm³/mol. The molecule has 1 aromatic carbocycles. The summed E-state index contributed by atoms with van der Waals surface area (Å²) >= 11 is 1.57. The van der Waals surface area contributed by atoms with Crippen LogP contribution in [0.3, 0.4) is 0 Å². The second-order valence-corrected chi connectivity index (χ2v) is 8.42. The van der Waals surface area contributed by atoms with Crippen LogP contribution in [0.1, 0.15) is 33.0 Å². The van der Waals surface area contributed by atoms with Gasteiger partial charge in [0.05, 0.1) is 11.3 Å². The van der Waals surface area contributed by atoms with Gasteiger partial charge in [-0.25, -0.2) is 5.01 Å². The summed E-state index contributed by atoms with van der Waals surface area (Å²) in [4.78, 5) is 26.5. The second kappa shape index (κ2) is 7.32. The molecule has 0 aliphatic carbocycles. The minimum atomic E-state index is -0.436. The minimum absolute atomic E-state index is 0.0816. The van der Waals surface area contributed by atoms with E-state index in [1.165, 1.54) is 5.01 Å². The number of hydrogen-bond acceptors (Lipinski definition) is 4. The lowest BCUT2D eigenvalue weighted by Gasteiger charge is -2.13. The highest BCUT2D eigenvalue weighted by atomic mass is 32.1. The number of nitrogens with one attached hydrogen (secondary N) is 1. The third-order valence-electron chi connectivity index (χ3n) is 5.36. The summed E-state index contributed by atoms with van der Waals surface area (Å²) in [7, 11) is 0. The molecular weight excluding hydrogens is 396 g/mol. The summed E-state index contributed by atoms with van der Waals surface area (Å²) in [5, 5.41) is 11.7. The lowest BCUT2D eigenvalue weighted by Crippen LogP contribution is -2.35. The van der Waals surface area contributed by atoms with Crippen LogP contribution < -0.4 is 10.4 Å². The number of nitriles is 1. The zero-order valence-corrected chi connectivity index (χ0v) is 17.9. The Bertz CT molecular complexity index is 1260. The lowest BCUT2D eigenvalue weighted by molar-refractivity contribution is -0.117. The quantitative estimate of drug-likeness (QED) is 0.516. The van der Waals surface area contributed by atoms with Crippen LogP contribution in [-0.4, -0.2) is 16.4 Å². The van der Waals surface area contributed by atoms with Crippen molar-refractivity contribution in [1.29, 1.82) is 5.26 Å². The molecular formula is C23H20N4O2S. The molecule has 3 aromatic rings. The van der Waals surface area contributed by atoms with Crippen LogP contribution in [0.15, 0.2) is 42.0 Å². The molecule has 3 heterocycles. The van der Waals surface area contributed by atoms with Gasteiger partial charge in [0, 0.05) is 16.3 Å². The van der Waals surface area contributed by atoms with Crippen LogP contribution >= 0.6 is 11.3 Å². The van der Waals surface area contributed by atoms with E-state index < -0.39 is 11.8 Å². The fourth-order valence-electron chi connectivity index (χ4n) is 3.62. The Morgan fingerprint density at radius 3 is 2.47 bits per heavy atom. The van der Waals surface area contributed by atoms with Crippen LogP contribution in [0.25, 0.3) is 11.1 Å². The molecule has 6 nitrogen and oxygen atoms in total. The molecule has 2 amide bonds. The van der Waals surface area contributed by atoms with Gasteiger partial charge in [-0.05, 0) is 63.1 Å². The van der Waals surface area contributed by atoms with Gasteiger partial charge in [-0.2, -0.15) is 5.26 Å². The number of aryl methyl sites for hydroxylation is 2. The average molecular weight is 417 g/mol. The summed E-state index contributed by atoms with van der Waals surface area (Å²) in [6.45, 7) is 7.83. The Morgan fingerprint density at radius 2 is 1.80 bits per heavy atom. The molecule has 0 radical (unpaired) electrons. The maximum absolute atomic E-state index is 12.9. The van der Waals surface area contributed by atoms with E-state index >= 15 is 0 Å². The smallest absolute Gasteiger partial charge is 0.282 e. The van der Waals surface area contributed by atoms with E-state index in [-0.39, 0.29) is 5.57 Å². The summed E-state index contributed by atoms with van der Waals surface area (Å²) < 4.78 is 2.02. The largest absolute Gasteiger partial charge is 0.308 e. The third-order valence-corrected chi connectivity index (χ3v) is 6.55. The Balaban J connectivity index is 1.77. The van der Waals surface area contributed by atoms with Gasteiger partial charge >= 0.3 is 0 Å². The average Bonchev–Trinajstić information content (AvgIpc) is 3.28. The van der Waals surface area contributed by atoms with Crippen molar-refractivity contribution in [2.75, 3.05) is 5.01 Å². The van der Waals surface area contributed by atoms with E-state index in [9.17, 15) is 14.9 Å². The Labute approximate surface area is 178 Å². The van der Waals surface area contributed by atoms with Gasteiger partial charge < -0.3 is 4.57 Å². The van der Waals surface area contributed by atoms with Gasteiger partial charge in [0.25, 0.3) is 11.8 Å². The summed E-state index contributed by atoms with van der Waals surface area (Å²) in [5.74, 6) is -0.828. The number of carbonyl (C=O) groups excluding carboxylic acids is 2. The molecule has 150 valence electrons. The fourth-order valence-corrected chi connectivity index (χ4v) is 4.83. The zero-order valence-electron chi connectivity index (χ0n) is 17.1. The summed E-state index contributed by atoms with van der Waals surface area (Å²) in [6.07, 6.45) is 1.62. The van der Waals surface area contributed by atoms with E-state index in [2.05, 4.69) is 11.5 Å². The molecule has 7 heteroatoms. The van der Waals surface area contributed by atoms with Crippen molar-refractivity contribution in [3.63, 3.8) is 0 Å². The van der Waals surface area contributed by atoms with E-state index in [1.807, 2.05) is 56.5 Å². The molecule has 0 atom stereocenters. The highest BCUT2D eigenvalue weighted by molar-refractivity contribution is 7.14. The number of benzene rings is 1. The summed E-state index contributed by atoms with van der Waals surface area (Å²) in [6, 6.07) is 13.2. The Kier molecular flexibility index (Phi) is 4.80. The number of hydrogen-bond donors (Lipinski definition) is 1. The van der Waals surface area contributed by atoms with Crippen LogP contribution in [0.4, 0.5) is 5.69 Å². The van der Waals surface area contributed by atoms with Crippen molar-refractivity contribution < 1.29 is 9.59 Å². The summed E-state index contributed by atoms with van der Waals surface area (Å²) in [5.41, 5.74) is 7.52. The number of rotatable bonds is 3. The number of thiophene rings is 1. The first-order valence-electron chi connectivity index (χ1n) is 9.45. The van der Waals surface area contributed by atoms with Crippen molar-refractivity contribution in [1.82, 2.24) is 9.99 Å². The molecule has 1 aliphatic rings. The van der Waals surface area contributed by atoms with E-state index in [4.69, 9.17) is 0 Å². The number of aromatic nitrogens is 1. The van der Waals surface area contributed by atoms with Crippen LogP contribution in [0.2, 0.25) is 0 Å². The first-order chi connectivity index (χ1) is 14.3. The molecule has 1 fully saturated rings. The number of anilines is 1. The van der Waals surface area contributed by atoms with Gasteiger partial charge in [0.2, 0.25) is 0 Å². The lowest BCUT2D eigenvalue weighted by atomic mass is 10.1. The Morgan fingerprint density at radius 1 is 1.10 bits per heavy atom. The van der Waals surface area contributed by atoms with Gasteiger partial charge in [-0.1, -0.05) is 18.2 Å². The molecule has 1 aliphatic heterocycles. The van der Waals surface area contributed by atoms with Crippen molar-refractivity contribution in [2.24, 2.45) is 0 Å². The zero-order chi connectivity index (χ0) is 21.6. The molecule has 0 spiro atoms. The molecule has 30 heavy (non-hydrogen) atoms. The van der Waals surface area contributed by atoms with Crippen molar-refractivity contribution in [2.45, 2.75) is 27.7 Å². The number of hydrazine groups is 1. The highest BCUT2D eigenvalue weighted by Gasteiger charge is 2.34. The predicted octanol–water partition coefficient (Wildman–Crippen LogP) is 4.11.